The standard InChI is InChI=1S/C15H23NO3S/c1-4-7-12-11(5-2)10-13(20-12)15(19)16(3)9-6-8-14(17)18/h10H,4-9H2,1-3H3,(H,17,18). The van der Waals surface area contributed by atoms with Crippen molar-refractivity contribution in [2.75, 3.05) is 13.6 Å². The second-order valence-electron chi connectivity index (χ2n) is 4.89. The summed E-state index contributed by atoms with van der Waals surface area (Å²) in [5.74, 6) is -0.821. The summed E-state index contributed by atoms with van der Waals surface area (Å²) in [4.78, 5) is 26.5. The SMILES string of the molecule is CCCc1sc(C(=O)N(C)CCCC(=O)O)cc1CC. The van der Waals surface area contributed by atoms with Gasteiger partial charge in [0.1, 0.15) is 0 Å². The Bertz CT molecular complexity index is 468. The summed E-state index contributed by atoms with van der Waals surface area (Å²) >= 11 is 1.58. The van der Waals surface area contributed by atoms with Gasteiger partial charge in [-0.15, -0.1) is 11.3 Å². The maximum absolute atomic E-state index is 12.3. The number of aliphatic carboxylic acids is 1. The maximum atomic E-state index is 12.3. The molecule has 20 heavy (non-hydrogen) atoms. The van der Waals surface area contributed by atoms with Crippen molar-refractivity contribution < 1.29 is 14.7 Å². The number of hydrogen-bond acceptors (Lipinski definition) is 3. The highest BCUT2D eigenvalue weighted by molar-refractivity contribution is 7.14. The van der Waals surface area contributed by atoms with E-state index >= 15 is 0 Å². The smallest absolute Gasteiger partial charge is 0.303 e. The minimum atomic E-state index is -0.819. The van der Waals surface area contributed by atoms with Crippen LogP contribution in [0.15, 0.2) is 6.07 Å². The number of thiophene rings is 1. The number of amides is 1. The molecular weight excluding hydrogens is 274 g/mol. The van der Waals surface area contributed by atoms with Crippen molar-refractivity contribution in [3.8, 4) is 0 Å². The molecule has 0 spiro atoms. The molecule has 1 rings (SSSR count). The monoisotopic (exact) mass is 297 g/mol. The summed E-state index contributed by atoms with van der Waals surface area (Å²) in [6.07, 6.45) is 3.63. The predicted molar refractivity (Wildman–Crippen MR) is 81.5 cm³/mol. The Kier molecular flexibility index (Phi) is 6.71. The van der Waals surface area contributed by atoms with Gasteiger partial charge in [0.25, 0.3) is 5.91 Å². The van der Waals surface area contributed by atoms with Crippen molar-refractivity contribution in [3.63, 3.8) is 0 Å². The van der Waals surface area contributed by atoms with Crippen LogP contribution in [0.3, 0.4) is 0 Å². The van der Waals surface area contributed by atoms with Gasteiger partial charge in [0.15, 0.2) is 0 Å². The van der Waals surface area contributed by atoms with Crippen molar-refractivity contribution in [3.05, 3.63) is 21.4 Å². The lowest BCUT2D eigenvalue weighted by atomic mass is 10.1. The lowest BCUT2D eigenvalue weighted by Crippen LogP contribution is -2.27. The van der Waals surface area contributed by atoms with Gasteiger partial charge in [-0.05, 0) is 30.9 Å². The highest BCUT2D eigenvalue weighted by atomic mass is 32.1. The first-order valence-electron chi connectivity index (χ1n) is 7.08. The van der Waals surface area contributed by atoms with Crippen LogP contribution in [0.25, 0.3) is 0 Å². The van der Waals surface area contributed by atoms with Crippen LogP contribution in [-0.2, 0) is 17.6 Å². The lowest BCUT2D eigenvalue weighted by molar-refractivity contribution is -0.137. The molecule has 5 heteroatoms. The Morgan fingerprint density at radius 1 is 1.35 bits per heavy atom. The lowest BCUT2D eigenvalue weighted by Gasteiger charge is -2.15. The van der Waals surface area contributed by atoms with Crippen LogP contribution in [-0.4, -0.2) is 35.5 Å². The zero-order valence-corrected chi connectivity index (χ0v) is 13.3. The van der Waals surface area contributed by atoms with Gasteiger partial charge in [-0.2, -0.15) is 0 Å². The fourth-order valence-electron chi connectivity index (χ4n) is 2.07. The number of hydrogen-bond donors (Lipinski definition) is 1. The minimum Gasteiger partial charge on any atom is -0.481 e. The van der Waals surface area contributed by atoms with Crippen LogP contribution in [0.2, 0.25) is 0 Å². The van der Waals surface area contributed by atoms with Crippen molar-refractivity contribution in [2.45, 2.75) is 46.0 Å². The van der Waals surface area contributed by atoms with Crippen LogP contribution in [0.1, 0.15) is 53.2 Å². The molecular formula is C15H23NO3S. The van der Waals surface area contributed by atoms with E-state index in [-0.39, 0.29) is 12.3 Å². The molecule has 4 nitrogen and oxygen atoms in total. The topological polar surface area (TPSA) is 57.6 Å². The molecule has 0 saturated heterocycles. The maximum Gasteiger partial charge on any atom is 0.303 e. The van der Waals surface area contributed by atoms with Gasteiger partial charge in [-0.1, -0.05) is 20.3 Å². The molecule has 1 aromatic rings. The van der Waals surface area contributed by atoms with Gasteiger partial charge in [0.05, 0.1) is 4.88 Å². The fourth-order valence-corrected chi connectivity index (χ4v) is 3.42. The largest absolute Gasteiger partial charge is 0.481 e. The van der Waals surface area contributed by atoms with E-state index in [2.05, 4.69) is 13.8 Å². The third-order valence-electron chi connectivity index (χ3n) is 3.20. The van der Waals surface area contributed by atoms with E-state index in [1.165, 1.54) is 10.4 Å². The van der Waals surface area contributed by atoms with Gasteiger partial charge in [-0.25, -0.2) is 0 Å². The number of rotatable bonds is 8. The fraction of sp³-hybridized carbons (Fsp3) is 0.600. The van der Waals surface area contributed by atoms with E-state index < -0.39 is 5.97 Å². The molecule has 0 aliphatic carbocycles. The third kappa shape index (κ3) is 4.63. The molecule has 1 N–H and O–H groups in total. The molecule has 0 radical (unpaired) electrons. The van der Waals surface area contributed by atoms with E-state index in [1.807, 2.05) is 6.07 Å². The molecule has 0 aromatic carbocycles. The molecule has 0 fully saturated rings. The van der Waals surface area contributed by atoms with Crippen molar-refractivity contribution in [1.29, 1.82) is 0 Å². The molecule has 0 aliphatic heterocycles. The summed E-state index contributed by atoms with van der Waals surface area (Å²) in [6.45, 7) is 4.72. The normalized spacial score (nSPS) is 10.6. The molecule has 0 atom stereocenters. The van der Waals surface area contributed by atoms with Crippen molar-refractivity contribution >= 4 is 23.2 Å². The van der Waals surface area contributed by atoms with Crippen molar-refractivity contribution in [2.24, 2.45) is 0 Å². The van der Waals surface area contributed by atoms with Crippen LogP contribution in [0.5, 0.6) is 0 Å². The Balaban J connectivity index is 2.68. The minimum absolute atomic E-state index is 0.00237. The first-order valence-corrected chi connectivity index (χ1v) is 7.90. The van der Waals surface area contributed by atoms with Gasteiger partial charge in [0, 0.05) is 24.9 Å². The highest BCUT2D eigenvalue weighted by Crippen LogP contribution is 2.25. The molecule has 0 unspecified atom stereocenters. The quantitative estimate of drug-likeness (QED) is 0.801. The summed E-state index contributed by atoms with van der Waals surface area (Å²) in [5, 5.41) is 8.61. The number of nitrogens with zero attached hydrogens (tertiary/aromatic N) is 1. The Labute approximate surface area is 124 Å². The van der Waals surface area contributed by atoms with E-state index in [4.69, 9.17) is 5.11 Å². The summed E-state index contributed by atoms with van der Waals surface area (Å²) in [7, 11) is 1.73. The predicted octanol–water partition coefficient (Wildman–Crippen LogP) is 3.20. The second kappa shape index (κ2) is 8.04. The highest BCUT2D eigenvalue weighted by Gasteiger charge is 2.17. The number of aryl methyl sites for hydroxylation is 2. The van der Waals surface area contributed by atoms with Crippen LogP contribution in [0, 0.1) is 0 Å². The Morgan fingerprint density at radius 3 is 2.60 bits per heavy atom. The molecule has 0 saturated carbocycles. The van der Waals surface area contributed by atoms with E-state index in [9.17, 15) is 9.59 Å². The van der Waals surface area contributed by atoms with E-state index in [0.717, 1.165) is 24.1 Å². The first-order chi connectivity index (χ1) is 9.49. The van der Waals surface area contributed by atoms with Gasteiger partial charge in [-0.3, -0.25) is 9.59 Å². The van der Waals surface area contributed by atoms with E-state index in [0.29, 0.717) is 13.0 Å². The average Bonchev–Trinajstić information content (AvgIpc) is 2.80. The number of carbonyl (C=O) groups is 2. The molecule has 1 amide bonds. The zero-order chi connectivity index (χ0) is 15.1. The van der Waals surface area contributed by atoms with Crippen LogP contribution >= 0.6 is 11.3 Å². The second-order valence-corrected chi connectivity index (χ2v) is 6.02. The number of carboxylic acids is 1. The van der Waals surface area contributed by atoms with E-state index in [1.54, 1.807) is 23.3 Å². The van der Waals surface area contributed by atoms with Gasteiger partial charge < -0.3 is 10.0 Å². The molecule has 112 valence electrons. The Morgan fingerprint density at radius 2 is 2.05 bits per heavy atom. The summed E-state index contributed by atoms with van der Waals surface area (Å²) in [5.41, 5.74) is 1.26. The molecule has 0 aliphatic rings. The van der Waals surface area contributed by atoms with Crippen LogP contribution in [0.4, 0.5) is 0 Å². The zero-order valence-electron chi connectivity index (χ0n) is 12.4. The van der Waals surface area contributed by atoms with Gasteiger partial charge in [0.2, 0.25) is 0 Å². The summed E-state index contributed by atoms with van der Waals surface area (Å²) < 4.78 is 0. The third-order valence-corrected chi connectivity index (χ3v) is 4.42. The molecule has 0 bridgehead atoms. The average molecular weight is 297 g/mol. The number of carbonyl (C=O) groups excluding carboxylic acids is 1. The van der Waals surface area contributed by atoms with Crippen LogP contribution < -0.4 is 0 Å². The Hall–Kier alpha value is -1.36. The molecule has 1 heterocycles. The first kappa shape index (κ1) is 16.7. The summed E-state index contributed by atoms with van der Waals surface area (Å²) in [6, 6.07) is 1.99. The molecule has 1 aromatic heterocycles. The van der Waals surface area contributed by atoms with Gasteiger partial charge >= 0.3 is 5.97 Å². The van der Waals surface area contributed by atoms with Crippen molar-refractivity contribution in [1.82, 2.24) is 4.90 Å². The number of carboxylic acid groups (broad SMARTS) is 1.